The van der Waals surface area contributed by atoms with Crippen molar-refractivity contribution in [3.63, 3.8) is 0 Å². The quantitative estimate of drug-likeness (QED) is 0.389. The van der Waals surface area contributed by atoms with Gasteiger partial charge in [0.05, 0.1) is 13.2 Å². The summed E-state index contributed by atoms with van der Waals surface area (Å²) < 4.78 is 7.01. The first-order valence-corrected chi connectivity index (χ1v) is 10.8. The molecule has 0 aliphatic carbocycles. The van der Waals surface area contributed by atoms with Crippen molar-refractivity contribution >= 4 is 29.0 Å². The highest BCUT2D eigenvalue weighted by molar-refractivity contribution is 5.99. The van der Waals surface area contributed by atoms with Crippen LogP contribution in [0.1, 0.15) is 21.7 Å². The minimum Gasteiger partial charge on any atom is -0.483 e. The summed E-state index contributed by atoms with van der Waals surface area (Å²) in [6, 6.07) is 13.8. The van der Waals surface area contributed by atoms with Crippen LogP contribution in [0, 0.1) is 6.92 Å². The second-order valence-corrected chi connectivity index (χ2v) is 7.90. The highest BCUT2D eigenvalue weighted by Gasteiger charge is 2.16. The number of aryl methyl sites for hydroxylation is 1. The highest BCUT2D eigenvalue weighted by atomic mass is 16.5. The number of pyridine rings is 1. The number of nitrogens with zero attached hydrogens (tertiary/aromatic N) is 5. The van der Waals surface area contributed by atoms with E-state index < -0.39 is 0 Å². The van der Waals surface area contributed by atoms with Crippen LogP contribution in [0.15, 0.2) is 55.0 Å². The molecule has 2 aromatic heterocycles. The Morgan fingerprint density at radius 3 is 2.63 bits per heavy atom. The van der Waals surface area contributed by atoms with E-state index in [4.69, 9.17) is 20.4 Å². The Morgan fingerprint density at radius 2 is 1.91 bits per heavy atom. The Kier molecular flexibility index (Phi) is 8.47. The van der Waals surface area contributed by atoms with Crippen molar-refractivity contribution in [1.82, 2.24) is 24.6 Å². The second kappa shape index (κ2) is 11.7. The molecule has 35 heavy (non-hydrogen) atoms. The first-order valence-electron chi connectivity index (χ1n) is 10.8. The van der Waals surface area contributed by atoms with Gasteiger partial charge in [-0.3, -0.25) is 9.59 Å². The first kappa shape index (κ1) is 25.3. The Balaban J connectivity index is 0.00000108. The van der Waals surface area contributed by atoms with E-state index in [1.165, 1.54) is 0 Å². The van der Waals surface area contributed by atoms with Crippen LogP contribution in [-0.2, 0) is 22.6 Å². The molecule has 1 amide bonds. The van der Waals surface area contributed by atoms with Gasteiger partial charge in [0.15, 0.2) is 5.82 Å². The summed E-state index contributed by atoms with van der Waals surface area (Å²) in [6.07, 6.45) is 3.45. The molecular weight excluding hydrogens is 448 g/mol. The molecule has 0 bridgehead atoms. The van der Waals surface area contributed by atoms with Gasteiger partial charge in [-0.1, -0.05) is 18.2 Å². The molecule has 0 aliphatic rings. The number of rotatable bonds is 7. The number of methoxy groups -OCH3 is 1. The van der Waals surface area contributed by atoms with Crippen LogP contribution in [0.5, 0.6) is 0 Å². The van der Waals surface area contributed by atoms with Crippen molar-refractivity contribution in [2.75, 3.05) is 26.5 Å². The average molecular weight is 477 g/mol. The highest BCUT2D eigenvalue weighted by Crippen LogP contribution is 2.28. The molecule has 182 valence electrons. The number of carbonyl (C=O) groups is 2. The Bertz CT molecular complexity index is 1320. The molecule has 0 radical (unpaired) electrons. The monoisotopic (exact) mass is 476 g/mol. The summed E-state index contributed by atoms with van der Waals surface area (Å²) in [6.45, 7) is 3.33. The molecule has 10 heteroatoms. The van der Waals surface area contributed by atoms with Gasteiger partial charge in [0.25, 0.3) is 12.4 Å². The molecule has 2 heterocycles. The number of benzene rings is 2. The number of anilines is 1. The van der Waals surface area contributed by atoms with Gasteiger partial charge in [-0.15, -0.1) is 10.2 Å². The van der Waals surface area contributed by atoms with E-state index in [1.807, 2.05) is 47.9 Å². The molecule has 2 aromatic carbocycles. The molecule has 0 atom stereocenters. The standard InChI is InChI=1S/C24H26N6O2.CH2O2/c1-16-10-22(25)26-13-21(16)19-6-4-18-12-20(7-5-17(18)11-19)24(31)29(2)14-23-28-27-15-30(23)8-9-32-3;2-1-3/h4-7,10-13,15H,8-9,14H2,1-3H3,(H2,25,26);1H,(H,2,3). The summed E-state index contributed by atoms with van der Waals surface area (Å²) in [5.74, 6) is 1.16. The number of hydrogen-bond acceptors (Lipinski definition) is 7. The number of nitrogen functional groups attached to an aromatic ring is 1. The second-order valence-electron chi connectivity index (χ2n) is 7.90. The van der Waals surface area contributed by atoms with E-state index >= 15 is 0 Å². The lowest BCUT2D eigenvalue weighted by atomic mass is 9.98. The number of ether oxygens (including phenoxy) is 1. The van der Waals surface area contributed by atoms with E-state index in [2.05, 4.69) is 21.2 Å². The Morgan fingerprint density at radius 1 is 1.20 bits per heavy atom. The number of carboxylic acid groups (broad SMARTS) is 1. The Labute approximate surface area is 203 Å². The van der Waals surface area contributed by atoms with E-state index in [-0.39, 0.29) is 12.4 Å². The lowest BCUT2D eigenvalue weighted by Crippen LogP contribution is -2.28. The van der Waals surface area contributed by atoms with Gasteiger partial charge >= 0.3 is 0 Å². The third-order valence-electron chi connectivity index (χ3n) is 5.49. The van der Waals surface area contributed by atoms with Crippen LogP contribution in [-0.4, -0.2) is 62.9 Å². The van der Waals surface area contributed by atoms with Crippen molar-refractivity contribution < 1.29 is 19.4 Å². The molecule has 10 nitrogen and oxygen atoms in total. The molecule has 0 unspecified atom stereocenters. The number of nitrogens with two attached hydrogens (primary N) is 1. The molecular formula is C25H28N6O4. The number of amides is 1. The number of carbonyl (C=O) groups excluding carboxylic acids is 1. The van der Waals surface area contributed by atoms with Crippen molar-refractivity contribution in [2.45, 2.75) is 20.0 Å². The van der Waals surface area contributed by atoms with Crippen LogP contribution in [0.25, 0.3) is 21.9 Å². The van der Waals surface area contributed by atoms with Gasteiger partial charge in [-0.25, -0.2) is 4.98 Å². The van der Waals surface area contributed by atoms with Gasteiger partial charge in [-0.2, -0.15) is 0 Å². The van der Waals surface area contributed by atoms with E-state index in [1.54, 1.807) is 31.6 Å². The fourth-order valence-corrected chi connectivity index (χ4v) is 3.71. The molecule has 0 saturated heterocycles. The van der Waals surface area contributed by atoms with Gasteiger partial charge in [-0.05, 0) is 53.1 Å². The summed E-state index contributed by atoms with van der Waals surface area (Å²) in [5, 5.41) is 17.0. The molecule has 0 spiro atoms. The lowest BCUT2D eigenvalue weighted by molar-refractivity contribution is -0.122. The fourth-order valence-electron chi connectivity index (χ4n) is 3.71. The summed E-state index contributed by atoms with van der Waals surface area (Å²) in [7, 11) is 3.41. The van der Waals surface area contributed by atoms with Gasteiger partial charge < -0.3 is 25.0 Å². The molecule has 3 N–H and O–H groups in total. The van der Waals surface area contributed by atoms with Crippen LogP contribution in [0.3, 0.4) is 0 Å². The van der Waals surface area contributed by atoms with E-state index in [9.17, 15) is 4.79 Å². The molecule has 0 saturated carbocycles. The van der Waals surface area contributed by atoms with Gasteiger partial charge in [0.2, 0.25) is 0 Å². The molecule has 0 aliphatic heterocycles. The molecule has 0 fully saturated rings. The maximum atomic E-state index is 13.0. The maximum absolute atomic E-state index is 13.0. The van der Waals surface area contributed by atoms with E-state index in [0.717, 1.165) is 33.3 Å². The van der Waals surface area contributed by atoms with Crippen LogP contribution in [0.4, 0.5) is 5.82 Å². The zero-order chi connectivity index (χ0) is 25.4. The summed E-state index contributed by atoms with van der Waals surface area (Å²) in [5.41, 5.74) is 9.58. The normalized spacial score (nSPS) is 10.5. The lowest BCUT2D eigenvalue weighted by Gasteiger charge is -2.17. The number of fused-ring (bicyclic) bond motifs is 1. The van der Waals surface area contributed by atoms with Gasteiger partial charge in [0.1, 0.15) is 12.1 Å². The van der Waals surface area contributed by atoms with Crippen LogP contribution >= 0.6 is 0 Å². The number of hydrogen-bond donors (Lipinski definition) is 2. The van der Waals surface area contributed by atoms with E-state index in [0.29, 0.717) is 31.1 Å². The van der Waals surface area contributed by atoms with Crippen molar-refractivity contribution in [3.8, 4) is 11.1 Å². The third-order valence-corrected chi connectivity index (χ3v) is 5.49. The minimum absolute atomic E-state index is 0.0733. The molecule has 4 aromatic rings. The first-order chi connectivity index (χ1) is 16.9. The van der Waals surface area contributed by atoms with Crippen LogP contribution in [0.2, 0.25) is 0 Å². The van der Waals surface area contributed by atoms with Gasteiger partial charge in [0, 0.05) is 38.0 Å². The minimum atomic E-state index is -0.250. The predicted molar refractivity (Wildman–Crippen MR) is 133 cm³/mol. The summed E-state index contributed by atoms with van der Waals surface area (Å²) in [4.78, 5) is 27.3. The zero-order valence-corrected chi connectivity index (χ0v) is 19.9. The van der Waals surface area contributed by atoms with Crippen molar-refractivity contribution in [1.29, 1.82) is 0 Å². The summed E-state index contributed by atoms with van der Waals surface area (Å²) >= 11 is 0. The number of aromatic nitrogens is 4. The Hall–Kier alpha value is -4.31. The smallest absolute Gasteiger partial charge is 0.290 e. The zero-order valence-electron chi connectivity index (χ0n) is 19.9. The van der Waals surface area contributed by atoms with Crippen molar-refractivity contribution in [3.05, 3.63) is 71.9 Å². The predicted octanol–water partition coefficient (Wildman–Crippen LogP) is 3.00. The maximum Gasteiger partial charge on any atom is 0.290 e. The average Bonchev–Trinajstić information content (AvgIpc) is 3.28. The topological polar surface area (TPSA) is 136 Å². The molecule has 4 rings (SSSR count). The largest absolute Gasteiger partial charge is 0.483 e. The SMILES string of the molecule is COCCn1cnnc1CN(C)C(=O)c1ccc2cc(-c3cnc(N)cc3C)ccc2c1.O=CO. The van der Waals surface area contributed by atoms with Crippen molar-refractivity contribution in [2.24, 2.45) is 0 Å². The third kappa shape index (κ3) is 6.18. The fraction of sp³-hybridized carbons (Fsp3) is 0.240. The van der Waals surface area contributed by atoms with Crippen LogP contribution < -0.4 is 5.73 Å².